The first kappa shape index (κ1) is 16.0. The maximum absolute atomic E-state index is 12.5. The van der Waals surface area contributed by atoms with Crippen molar-refractivity contribution in [3.63, 3.8) is 0 Å². The van der Waals surface area contributed by atoms with E-state index in [1.807, 2.05) is 24.1 Å². The molecule has 2 aromatic heterocycles. The van der Waals surface area contributed by atoms with Crippen LogP contribution in [0.2, 0.25) is 0 Å². The summed E-state index contributed by atoms with van der Waals surface area (Å²) in [6.45, 7) is 3.90. The summed E-state index contributed by atoms with van der Waals surface area (Å²) < 4.78 is 4.91. The van der Waals surface area contributed by atoms with E-state index in [1.165, 1.54) is 16.7 Å². The Morgan fingerprint density at radius 3 is 2.69 bits per heavy atom. The monoisotopic (exact) mass is 356 g/mol. The predicted molar refractivity (Wildman–Crippen MR) is 94.8 cm³/mol. The van der Waals surface area contributed by atoms with E-state index < -0.39 is 5.56 Å². The van der Waals surface area contributed by atoms with E-state index in [0.717, 1.165) is 38.3 Å². The quantitative estimate of drug-likeness (QED) is 0.730. The van der Waals surface area contributed by atoms with Crippen LogP contribution in [0.3, 0.4) is 0 Å². The molecule has 0 spiro atoms. The van der Waals surface area contributed by atoms with Gasteiger partial charge in [0.25, 0.3) is 0 Å². The van der Waals surface area contributed by atoms with Crippen LogP contribution >= 0.6 is 0 Å². The van der Waals surface area contributed by atoms with Gasteiger partial charge in [-0.2, -0.15) is 10.2 Å². The highest BCUT2D eigenvalue weighted by molar-refractivity contribution is 5.13. The lowest BCUT2D eigenvalue weighted by molar-refractivity contribution is 0.256. The van der Waals surface area contributed by atoms with Crippen molar-refractivity contribution >= 4 is 0 Å². The first-order chi connectivity index (χ1) is 12.6. The van der Waals surface area contributed by atoms with Crippen LogP contribution in [0.5, 0.6) is 0 Å². The third kappa shape index (κ3) is 2.55. The molecule has 8 heteroatoms. The number of fused-ring (bicyclic) bond motifs is 3. The Hall–Kier alpha value is -2.22. The van der Waals surface area contributed by atoms with Crippen molar-refractivity contribution in [2.75, 3.05) is 13.1 Å². The molecule has 2 aliphatic heterocycles. The van der Waals surface area contributed by atoms with Crippen molar-refractivity contribution in [3.05, 3.63) is 44.5 Å². The van der Waals surface area contributed by atoms with Crippen LogP contribution in [-0.4, -0.2) is 42.1 Å². The largest absolute Gasteiger partial charge is 0.332 e. The van der Waals surface area contributed by atoms with Gasteiger partial charge in [0, 0.05) is 63.4 Å². The van der Waals surface area contributed by atoms with E-state index in [-0.39, 0.29) is 11.5 Å². The standard InChI is InChI=1S/C18H24N6O2/c1-21-6-13(5-19-21)7-22-9-14-10-23-16(15(14)11-22)20-24(18(26)17(23)25)8-12-3-2-4-12/h5-6,12,14-15H,2-4,7-11H2,1H3/t14-,15-/m1/s1. The Kier molecular flexibility index (Phi) is 3.63. The molecule has 2 atom stereocenters. The molecule has 0 amide bonds. The summed E-state index contributed by atoms with van der Waals surface area (Å²) in [6.07, 6.45) is 7.44. The number of hydrogen-bond acceptors (Lipinski definition) is 5. The summed E-state index contributed by atoms with van der Waals surface area (Å²) in [6, 6.07) is 0. The SMILES string of the molecule is Cn1cc(CN2C[C@@H]3Cn4c(nn(CC5CCC5)c(=O)c4=O)[C@@H]3C2)cn1. The third-order valence-electron chi connectivity index (χ3n) is 6.25. The molecule has 1 aliphatic carbocycles. The van der Waals surface area contributed by atoms with Crippen LogP contribution in [0.1, 0.15) is 36.6 Å². The lowest BCUT2D eigenvalue weighted by Crippen LogP contribution is -2.45. The zero-order valence-corrected chi connectivity index (χ0v) is 15.0. The molecule has 138 valence electrons. The van der Waals surface area contributed by atoms with Crippen LogP contribution in [0.4, 0.5) is 0 Å². The lowest BCUT2D eigenvalue weighted by atomic mass is 9.85. The van der Waals surface area contributed by atoms with Gasteiger partial charge in [0.2, 0.25) is 0 Å². The van der Waals surface area contributed by atoms with E-state index in [2.05, 4.69) is 15.1 Å². The van der Waals surface area contributed by atoms with Crippen molar-refractivity contribution in [1.29, 1.82) is 0 Å². The van der Waals surface area contributed by atoms with E-state index >= 15 is 0 Å². The number of nitrogens with zero attached hydrogens (tertiary/aromatic N) is 6. The van der Waals surface area contributed by atoms with Crippen molar-refractivity contribution in [1.82, 2.24) is 29.0 Å². The minimum absolute atomic E-state index is 0.243. The van der Waals surface area contributed by atoms with Crippen LogP contribution in [0, 0.1) is 11.8 Å². The fourth-order valence-electron chi connectivity index (χ4n) is 4.66. The molecule has 4 heterocycles. The van der Waals surface area contributed by atoms with Gasteiger partial charge in [0.15, 0.2) is 0 Å². The highest BCUT2D eigenvalue weighted by atomic mass is 16.2. The van der Waals surface area contributed by atoms with E-state index in [0.29, 0.717) is 24.9 Å². The highest BCUT2D eigenvalue weighted by Crippen LogP contribution is 2.37. The summed E-state index contributed by atoms with van der Waals surface area (Å²) in [5, 5.41) is 8.88. The van der Waals surface area contributed by atoms with Crippen LogP contribution in [0.15, 0.2) is 22.0 Å². The summed E-state index contributed by atoms with van der Waals surface area (Å²) in [4.78, 5) is 27.3. The van der Waals surface area contributed by atoms with E-state index in [9.17, 15) is 9.59 Å². The maximum Gasteiger partial charge on any atom is 0.332 e. The number of likely N-dealkylation sites (tertiary alicyclic amines) is 1. The van der Waals surface area contributed by atoms with Gasteiger partial charge in [0.1, 0.15) is 5.82 Å². The summed E-state index contributed by atoms with van der Waals surface area (Å²) >= 11 is 0. The van der Waals surface area contributed by atoms with Gasteiger partial charge in [-0.3, -0.25) is 23.7 Å². The van der Waals surface area contributed by atoms with E-state index in [1.54, 1.807) is 4.57 Å². The Morgan fingerprint density at radius 1 is 1.15 bits per heavy atom. The molecule has 0 radical (unpaired) electrons. The summed E-state index contributed by atoms with van der Waals surface area (Å²) in [5.41, 5.74) is 0.364. The van der Waals surface area contributed by atoms with Crippen molar-refractivity contribution in [2.24, 2.45) is 18.9 Å². The Balaban J connectivity index is 1.39. The fourth-order valence-corrected chi connectivity index (χ4v) is 4.66. The second-order valence-electron chi connectivity index (χ2n) is 8.14. The fraction of sp³-hybridized carbons (Fsp3) is 0.667. The minimum Gasteiger partial charge on any atom is -0.298 e. The Bertz CT molecular complexity index is 953. The van der Waals surface area contributed by atoms with Gasteiger partial charge < -0.3 is 0 Å². The average molecular weight is 356 g/mol. The van der Waals surface area contributed by atoms with Gasteiger partial charge in [-0.15, -0.1) is 0 Å². The number of rotatable bonds is 4. The number of aromatic nitrogens is 5. The molecule has 26 heavy (non-hydrogen) atoms. The first-order valence-corrected chi connectivity index (χ1v) is 9.50. The Labute approximate surface area is 151 Å². The molecule has 0 bridgehead atoms. The molecular weight excluding hydrogens is 332 g/mol. The molecule has 0 N–H and O–H groups in total. The third-order valence-corrected chi connectivity index (χ3v) is 6.25. The van der Waals surface area contributed by atoms with Crippen molar-refractivity contribution < 1.29 is 0 Å². The highest BCUT2D eigenvalue weighted by Gasteiger charge is 2.42. The second-order valence-corrected chi connectivity index (χ2v) is 8.14. The van der Waals surface area contributed by atoms with Gasteiger partial charge >= 0.3 is 11.1 Å². The topological polar surface area (TPSA) is 78.0 Å². The van der Waals surface area contributed by atoms with Crippen molar-refractivity contribution in [3.8, 4) is 0 Å². The molecular formula is C18H24N6O2. The number of aryl methyl sites for hydroxylation is 1. The predicted octanol–water partition coefficient (Wildman–Crippen LogP) is 0.168. The number of hydrogen-bond donors (Lipinski definition) is 0. The smallest absolute Gasteiger partial charge is 0.298 e. The molecule has 3 aliphatic rings. The first-order valence-electron chi connectivity index (χ1n) is 9.50. The molecule has 0 unspecified atom stereocenters. The van der Waals surface area contributed by atoms with Gasteiger partial charge in [0.05, 0.1) is 6.20 Å². The second kappa shape index (κ2) is 5.90. The molecule has 5 rings (SSSR count). The molecule has 8 nitrogen and oxygen atoms in total. The molecule has 2 aromatic rings. The van der Waals surface area contributed by atoms with Crippen LogP contribution < -0.4 is 11.1 Å². The molecule has 1 saturated carbocycles. The average Bonchev–Trinajstić information content (AvgIpc) is 3.23. The Morgan fingerprint density at radius 2 is 2.00 bits per heavy atom. The van der Waals surface area contributed by atoms with Gasteiger partial charge in [-0.05, 0) is 18.8 Å². The zero-order chi connectivity index (χ0) is 17.8. The maximum atomic E-state index is 12.5. The normalized spacial score (nSPS) is 25.3. The minimum atomic E-state index is -0.451. The molecule has 1 saturated heterocycles. The lowest BCUT2D eigenvalue weighted by Gasteiger charge is -2.25. The van der Waals surface area contributed by atoms with Crippen LogP contribution in [-0.2, 0) is 26.7 Å². The zero-order valence-electron chi connectivity index (χ0n) is 15.0. The molecule has 0 aromatic carbocycles. The molecule has 2 fully saturated rings. The van der Waals surface area contributed by atoms with Crippen molar-refractivity contribution in [2.45, 2.75) is 44.8 Å². The summed E-state index contributed by atoms with van der Waals surface area (Å²) in [7, 11) is 1.93. The van der Waals surface area contributed by atoms with Crippen LogP contribution in [0.25, 0.3) is 0 Å². The summed E-state index contributed by atoms with van der Waals surface area (Å²) in [5.74, 6) is 1.93. The van der Waals surface area contributed by atoms with E-state index in [4.69, 9.17) is 0 Å². The van der Waals surface area contributed by atoms with Gasteiger partial charge in [-0.1, -0.05) is 6.42 Å². The van der Waals surface area contributed by atoms with Gasteiger partial charge in [-0.25, -0.2) is 4.68 Å².